The Morgan fingerprint density at radius 1 is 1.33 bits per heavy atom. The van der Waals surface area contributed by atoms with Crippen LogP contribution in [0, 0.1) is 5.82 Å². The topological polar surface area (TPSA) is 12.0 Å². The van der Waals surface area contributed by atoms with E-state index in [9.17, 15) is 4.39 Å². The molecule has 0 spiro atoms. The van der Waals surface area contributed by atoms with Crippen LogP contribution in [0.2, 0.25) is 0 Å². The lowest BCUT2D eigenvalue weighted by Crippen LogP contribution is -2.19. The zero-order valence-corrected chi connectivity index (χ0v) is 12.5. The van der Waals surface area contributed by atoms with E-state index in [1.807, 2.05) is 6.07 Å². The Hall–Kier alpha value is -0.710. The summed E-state index contributed by atoms with van der Waals surface area (Å²) in [7, 11) is 0. The summed E-state index contributed by atoms with van der Waals surface area (Å²) in [6.45, 7) is 2.81. The second kappa shape index (κ2) is 6.45. The number of benzene rings is 1. The Morgan fingerprint density at radius 2 is 2.17 bits per heavy atom. The third-order valence-electron chi connectivity index (χ3n) is 2.87. The predicted molar refractivity (Wildman–Crippen MR) is 78.3 cm³/mol. The van der Waals surface area contributed by atoms with Gasteiger partial charge in [0.1, 0.15) is 5.82 Å². The van der Waals surface area contributed by atoms with Crippen LogP contribution in [0.1, 0.15) is 29.8 Å². The van der Waals surface area contributed by atoms with Gasteiger partial charge in [0.2, 0.25) is 0 Å². The summed E-state index contributed by atoms with van der Waals surface area (Å²) in [5, 5.41) is 5.55. The minimum Gasteiger partial charge on any atom is -0.305 e. The first-order valence-corrected chi connectivity index (χ1v) is 7.59. The van der Waals surface area contributed by atoms with Crippen molar-refractivity contribution in [1.82, 2.24) is 5.32 Å². The van der Waals surface area contributed by atoms with Crippen LogP contribution in [0.15, 0.2) is 40.2 Å². The largest absolute Gasteiger partial charge is 0.305 e. The molecule has 0 bridgehead atoms. The second-order valence-electron chi connectivity index (χ2n) is 4.07. The lowest BCUT2D eigenvalue weighted by molar-refractivity contribution is 0.523. The SMILES string of the molecule is CCC(NCc1cccc(F)c1Br)c1cccs1. The van der Waals surface area contributed by atoms with Gasteiger partial charge in [-0.3, -0.25) is 0 Å². The van der Waals surface area contributed by atoms with Crippen molar-refractivity contribution in [3.63, 3.8) is 0 Å². The van der Waals surface area contributed by atoms with Gasteiger partial charge in [-0.15, -0.1) is 11.3 Å². The third-order valence-corrected chi connectivity index (χ3v) is 4.74. The average molecular weight is 328 g/mol. The first-order chi connectivity index (χ1) is 8.72. The van der Waals surface area contributed by atoms with Gasteiger partial charge in [-0.25, -0.2) is 4.39 Å². The molecule has 0 amide bonds. The lowest BCUT2D eigenvalue weighted by Gasteiger charge is -2.16. The molecule has 1 aromatic heterocycles. The monoisotopic (exact) mass is 327 g/mol. The fourth-order valence-corrected chi connectivity index (χ4v) is 3.14. The zero-order chi connectivity index (χ0) is 13.0. The Balaban J connectivity index is 2.04. The van der Waals surface area contributed by atoms with Gasteiger partial charge >= 0.3 is 0 Å². The van der Waals surface area contributed by atoms with Crippen molar-refractivity contribution in [3.8, 4) is 0 Å². The van der Waals surface area contributed by atoms with Gasteiger partial charge in [-0.1, -0.05) is 25.1 Å². The maximum atomic E-state index is 13.4. The molecule has 1 heterocycles. The van der Waals surface area contributed by atoms with Crippen LogP contribution in [-0.4, -0.2) is 0 Å². The molecule has 0 aliphatic heterocycles. The van der Waals surface area contributed by atoms with Gasteiger partial charge < -0.3 is 5.32 Å². The quantitative estimate of drug-likeness (QED) is 0.824. The van der Waals surface area contributed by atoms with Crippen LogP contribution >= 0.6 is 27.3 Å². The van der Waals surface area contributed by atoms with E-state index in [1.54, 1.807) is 17.4 Å². The number of thiophene rings is 1. The summed E-state index contributed by atoms with van der Waals surface area (Å²) in [5.74, 6) is -0.210. The molecule has 1 nitrogen and oxygen atoms in total. The molecule has 1 atom stereocenters. The van der Waals surface area contributed by atoms with Crippen molar-refractivity contribution in [2.24, 2.45) is 0 Å². The van der Waals surface area contributed by atoms with E-state index in [4.69, 9.17) is 0 Å². The van der Waals surface area contributed by atoms with Gasteiger partial charge in [0.15, 0.2) is 0 Å². The van der Waals surface area contributed by atoms with E-state index in [0.29, 0.717) is 17.1 Å². The maximum Gasteiger partial charge on any atom is 0.137 e. The molecule has 4 heteroatoms. The van der Waals surface area contributed by atoms with Crippen molar-refractivity contribution in [2.75, 3.05) is 0 Å². The molecule has 96 valence electrons. The summed E-state index contributed by atoms with van der Waals surface area (Å²) in [6.07, 6.45) is 1.02. The highest BCUT2D eigenvalue weighted by molar-refractivity contribution is 9.10. The van der Waals surface area contributed by atoms with Crippen LogP contribution < -0.4 is 5.32 Å². The molecule has 0 fully saturated rings. The molecular formula is C14H15BrFNS. The second-order valence-corrected chi connectivity index (χ2v) is 5.84. The maximum absolute atomic E-state index is 13.4. The highest BCUT2D eigenvalue weighted by Gasteiger charge is 2.11. The van der Waals surface area contributed by atoms with Crippen molar-refractivity contribution >= 4 is 27.3 Å². The smallest absolute Gasteiger partial charge is 0.137 e. The van der Waals surface area contributed by atoms with Gasteiger partial charge in [0, 0.05) is 17.5 Å². The molecule has 1 unspecified atom stereocenters. The van der Waals surface area contributed by atoms with Crippen molar-refractivity contribution < 1.29 is 4.39 Å². The highest BCUT2D eigenvalue weighted by atomic mass is 79.9. The van der Waals surface area contributed by atoms with Crippen LogP contribution in [0.25, 0.3) is 0 Å². The molecule has 2 aromatic rings. The van der Waals surface area contributed by atoms with E-state index in [1.165, 1.54) is 10.9 Å². The zero-order valence-electron chi connectivity index (χ0n) is 10.1. The third kappa shape index (κ3) is 3.19. The Bertz CT molecular complexity index is 499. The van der Waals surface area contributed by atoms with E-state index in [2.05, 4.69) is 45.7 Å². The summed E-state index contributed by atoms with van der Waals surface area (Å²) in [6, 6.07) is 9.66. The van der Waals surface area contributed by atoms with E-state index in [-0.39, 0.29) is 5.82 Å². The molecule has 18 heavy (non-hydrogen) atoms. The molecule has 0 saturated heterocycles. The number of nitrogens with one attached hydrogen (secondary N) is 1. The first-order valence-electron chi connectivity index (χ1n) is 5.92. The predicted octanol–water partition coefficient (Wildman–Crippen LogP) is 4.89. The molecule has 1 aromatic carbocycles. The number of hydrogen-bond donors (Lipinski definition) is 1. The van der Waals surface area contributed by atoms with Crippen LogP contribution in [-0.2, 0) is 6.54 Å². The van der Waals surface area contributed by atoms with E-state index in [0.717, 1.165) is 12.0 Å². The van der Waals surface area contributed by atoms with Crippen molar-refractivity contribution in [1.29, 1.82) is 0 Å². The average Bonchev–Trinajstić information content (AvgIpc) is 2.89. The Morgan fingerprint density at radius 3 is 2.83 bits per heavy atom. The van der Waals surface area contributed by atoms with E-state index < -0.39 is 0 Å². The van der Waals surface area contributed by atoms with Gasteiger partial charge in [-0.2, -0.15) is 0 Å². The number of rotatable bonds is 5. The molecule has 0 aliphatic rings. The summed E-state index contributed by atoms with van der Waals surface area (Å²) >= 11 is 5.04. The Labute approximate surface area is 119 Å². The molecule has 1 N–H and O–H groups in total. The first kappa shape index (κ1) is 13.7. The minimum atomic E-state index is -0.210. The van der Waals surface area contributed by atoms with Crippen LogP contribution in [0.4, 0.5) is 4.39 Å². The fourth-order valence-electron chi connectivity index (χ4n) is 1.85. The fraction of sp³-hybridized carbons (Fsp3) is 0.286. The van der Waals surface area contributed by atoms with E-state index >= 15 is 0 Å². The van der Waals surface area contributed by atoms with Gasteiger partial charge in [0.05, 0.1) is 4.47 Å². The Kier molecular flexibility index (Phi) is 4.92. The van der Waals surface area contributed by atoms with Gasteiger partial charge in [-0.05, 0) is 45.4 Å². The van der Waals surface area contributed by atoms with Crippen LogP contribution in [0.3, 0.4) is 0 Å². The normalized spacial score (nSPS) is 12.6. The lowest BCUT2D eigenvalue weighted by atomic mass is 10.1. The molecule has 0 aliphatic carbocycles. The number of halogens is 2. The highest BCUT2D eigenvalue weighted by Crippen LogP contribution is 2.24. The molecule has 0 radical (unpaired) electrons. The van der Waals surface area contributed by atoms with Crippen molar-refractivity contribution in [3.05, 3.63) is 56.4 Å². The van der Waals surface area contributed by atoms with Gasteiger partial charge in [0.25, 0.3) is 0 Å². The standard InChI is InChI=1S/C14H15BrFNS/c1-2-12(13-7-4-8-18-13)17-9-10-5-3-6-11(16)14(10)15/h3-8,12,17H,2,9H2,1H3. The van der Waals surface area contributed by atoms with Crippen molar-refractivity contribution in [2.45, 2.75) is 25.9 Å². The number of hydrogen-bond acceptors (Lipinski definition) is 2. The summed E-state index contributed by atoms with van der Waals surface area (Å²) in [4.78, 5) is 1.32. The summed E-state index contributed by atoms with van der Waals surface area (Å²) < 4.78 is 13.9. The minimum absolute atomic E-state index is 0.210. The molecular weight excluding hydrogens is 313 g/mol. The molecule has 2 rings (SSSR count). The van der Waals surface area contributed by atoms with Crippen LogP contribution in [0.5, 0.6) is 0 Å². The summed E-state index contributed by atoms with van der Waals surface area (Å²) in [5.41, 5.74) is 0.949. The molecule has 0 saturated carbocycles.